The van der Waals surface area contributed by atoms with Gasteiger partial charge in [0, 0.05) is 0 Å². The SMILES string of the molecule is CC(C)(CC1CCCCC1)C1CCCCC1. The Morgan fingerprint density at radius 2 is 1.25 bits per heavy atom. The fourth-order valence-corrected chi connectivity index (χ4v) is 4.19. The lowest BCUT2D eigenvalue weighted by Gasteiger charge is -2.40. The summed E-state index contributed by atoms with van der Waals surface area (Å²) < 4.78 is 0. The molecule has 0 amide bonds. The van der Waals surface area contributed by atoms with Crippen molar-refractivity contribution in [3.05, 3.63) is 0 Å². The van der Waals surface area contributed by atoms with Crippen molar-refractivity contribution in [3.8, 4) is 0 Å². The van der Waals surface area contributed by atoms with E-state index in [1.807, 2.05) is 0 Å². The van der Waals surface area contributed by atoms with Gasteiger partial charge in [0.05, 0.1) is 0 Å². The largest absolute Gasteiger partial charge is 0.0596 e. The normalized spacial score (nSPS) is 25.9. The van der Waals surface area contributed by atoms with Crippen LogP contribution in [0.1, 0.15) is 84.5 Å². The van der Waals surface area contributed by atoms with Crippen molar-refractivity contribution in [2.75, 3.05) is 0 Å². The van der Waals surface area contributed by atoms with E-state index in [1.54, 1.807) is 0 Å². The molecule has 0 heterocycles. The summed E-state index contributed by atoms with van der Waals surface area (Å²) in [5.74, 6) is 2.09. The van der Waals surface area contributed by atoms with E-state index in [1.165, 1.54) is 70.6 Å². The highest BCUT2D eigenvalue weighted by atomic mass is 14.4. The van der Waals surface area contributed by atoms with Crippen molar-refractivity contribution < 1.29 is 0 Å². The minimum atomic E-state index is 0.627. The molecule has 0 bridgehead atoms. The van der Waals surface area contributed by atoms with Gasteiger partial charge in [-0.05, 0) is 36.5 Å². The van der Waals surface area contributed by atoms with E-state index >= 15 is 0 Å². The molecule has 94 valence electrons. The van der Waals surface area contributed by atoms with Crippen LogP contribution in [0.15, 0.2) is 0 Å². The fraction of sp³-hybridized carbons (Fsp3) is 1.00. The van der Waals surface area contributed by atoms with Crippen molar-refractivity contribution in [2.45, 2.75) is 84.5 Å². The van der Waals surface area contributed by atoms with Crippen LogP contribution >= 0.6 is 0 Å². The molecule has 0 aromatic carbocycles. The smallest absolute Gasteiger partial charge is 0.0323 e. The first kappa shape index (κ1) is 12.5. The van der Waals surface area contributed by atoms with Gasteiger partial charge in [-0.15, -0.1) is 0 Å². The van der Waals surface area contributed by atoms with Gasteiger partial charge in [0.2, 0.25) is 0 Å². The van der Waals surface area contributed by atoms with Crippen LogP contribution in [0.5, 0.6) is 0 Å². The Morgan fingerprint density at radius 1 is 0.750 bits per heavy atom. The third-order valence-corrected chi connectivity index (χ3v) is 5.25. The lowest BCUT2D eigenvalue weighted by atomic mass is 9.65. The second-order valence-electron chi connectivity index (χ2n) is 7.03. The number of hydrogen-bond acceptors (Lipinski definition) is 0. The van der Waals surface area contributed by atoms with Gasteiger partial charge < -0.3 is 0 Å². The second kappa shape index (κ2) is 5.56. The van der Waals surface area contributed by atoms with E-state index in [4.69, 9.17) is 0 Å². The Kier molecular flexibility index (Phi) is 4.33. The molecule has 0 radical (unpaired) electrons. The van der Waals surface area contributed by atoms with E-state index < -0.39 is 0 Å². The van der Waals surface area contributed by atoms with E-state index in [0.29, 0.717) is 5.41 Å². The molecule has 2 aliphatic rings. The highest BCUT2D eigenvalue weighted by Crippen LogP contribution is 2.44. The average molecular weight is 222 g/mol. The Bertz CT molecular complexity index is 192. The van der Waals surface area contributed by atoms with E-state index in [9.17, 15) is 0 Å². The summed E-state index contributed by atoms with van der Waals surface area (Å²) in [4.78, 5) is 0. The zero-order valence-electron chi connectivity index (χ0n) is 11.4. The summed E-state index contributed by atoms with van der Waals surface area (Å²) in [5, 5.41) is 0. The molecule has 0 heteroatoms. The van der Waals surface area contributed by atoms with Gasteiger partial charge in [-0.2, -0.15) is 0 Å². The van der Waals surface area contributed by atoms with Crippen LogP contribution in [0.3, 0.4) is 0 Å². The van der Waals surface area contributed by atoms with Gasteiger partial charge in [-0.3, -0.25) is 0 Å². The van der Waals surface area contributed by atoms with Gasteiger partial charge in [0.15, 0.2) is 0 Å². The summed E-state index contributed by atoms with van der Waals surface area (Å²) in [7, 11) is 0. The quantitative estimate of drug-likeness (QED) is 0.586. The summed E-state index contributed by atoms with van der Waals surface area (Å²) in [6.07, 6.45) is 16.6. The van der Waals surface area contributed by atoms with Crippen LogP contribution in [-0.2, 0) is 0 Å². The summed E-state index contributed by atoms with van der Waals surface area (Å²) in [6, 6.07) is 0. The summed E-state index contributed by atoms with van der Waals surface area (Å²) in [5.41, 5.74) is 0.627. The lowest BCUT2D eigenvalue weighted by Crippen LogP contribution is -2.29. The van der Waals surface area contributed by atoms with Crippen LogP contribution in [0.4, 0.5) is 0 Å². The molecule has 0 aromatic rings. The second-order valence-corrected chi connectivity index (χ2v) is 7.03. The maximum Gasteiger partial charge on any atom is -0.0323 e. The molecule has 0 unspecified atom stereocenters. The first-order chi connectivity index (χ1) is 7.68. The van der Waals surface area contributed by atoms with Gasteiger partial charge in [0.25, 0.3) is 0 Å². The molecule has 0 aromatic heterocycles. The first-order valence-electron chi connectivity index (χ1n) is 7.68. The van der Waals surface area contributed by atoms with E-state index in [0.717, 1.165) is 11.8 Å². The Hall–Kier alpha value is 0. The van der Waals surface area contributed by atoms with Crippen molar-refractivity contribution in [3.63, 3.8) is 0 Å². The molecule has 2 aliphatic carbocycles. The van der Waals surface area contributed by atoms with E-state index in [2.05, 4.69) is 13.8 Å². The zero-order chi connectivity index (χ0) is 11.4. The third-order valence-electron chi connectivity index (χ3n) is 5.25. The van der Waals surface area contributed by atoms with Crippen LogP contribution in [0, 0.1) is 17.3 Å². The highest BCUT2D eigenvalue weighted by molar-refractivity contribution is 4.84. The van der Waals surface area contributed by atoms with Crippen LogP contribution in [-0.4, -0.2) is 0 Å². The predicted octanol–water partition coefficient (Wildman–Crippen LogP) is 5.56. The Balaban J connectivity index is 1.84. The average Bonchev–Trinajstić information content (AvgIpc) is 2.31. The molecule has 0 aliphatic heterocycles. The Labute approximate surface area is 102 Å². The first-order valence-corrected chi connectivity index (χ1v) is 7.68. The summed E-state index contributed by atoms with van der Waals surface area (Å²) >= 11 is 0. The number of hydrogen-bond donors (Lipinski definition) is 0. The maximum absolute atomic E-state index is 2.55. The Morgan fingerprint density at radius 3 is 1.81 bits per heavy atom. The molecule has 0 spiro atoms. The third kappa shape index (κ3) is 3.25. The molecule has 2 fully saturated rings. The predicted molar refractivity (Wildman–Crippen MR) is 71.5 cm³/mol. The fourth-order valence-electron chi connectivity index (χ4n) is 4.19. The maximum atomic E-state index is 2.55. The number of rotatable bonds is 3. The molecule has 0 saturated heterocycles. The standard InChI is InChI=1S/C16H30/c1-16(2,15-11-7-4-8-12-15)13-14-9-5-3-6-10-14/h14-15H,3-13H2,1-2H3. The van der Waals surface area contributed by atoms with Gasteiger partial charge >= 0.3 is 0 Å². The van der Waals surface area contributed by atoms with Gasteiger partial charge in [-0.25, -0.2) is 0 Å². The van der Waals surface area contributed by atoms with E-state index in [-0.39, 0.29) is 0 Å². The molecule has 2 rings (SSSR count). The zero-order valence-corrected chi connectivity index (χ0v) is 11.4. The van der Waals surface area contributed by atoms with Gasteiger partial charge in [0.1, 0.15) is 0 Å². The van der Waals surface area contributed by atoms with Crippen LogP contribution < -0.4 is 0 Å². The molecular formula is C16H30. The highest BCUT2D eigenvalue weighted by Gasteiger charge is 2.32. The molecule has 16 heavy (non-hydrogen) atoms. The van der Waals surface area contributed by atoms with Crippen molar-refractivity contribution in [1.29, 1.82) is 0 Å². The molecule has 0 N–H and O–H groups in total. The van der Waals surface area contributed by atoms with Gasteiger partial charge in [-0.1, -0.05) is 65.2 Å². The topological polar surface area (TPSA) is 0 Å². The minimum absolute atomic E-state index is 0.627. The molecule has 0 nitrogen and oxygen atoms in total. The van der Waals surface area contributed by atoms with Crippen LogP contribution in [0.2, 0.25) is 0 Å². The monoisotopic (exact) mass is 222 g/mol. The summed E-state index contributed by atoms with van der Waals surface area (Å²) in [6.45, 7) is 5.11. The molecule has 0 atom stereocenters. The van der Waals surface area contributed by atoms with Crippen molar-refractivity contribution >= 4 is 0 Å². The molecule has 2 saturated carbocycles. The van der Waals surface area contributed by atoms with Crippen molar-refractivity contribution in [1.82, 2.24) is 0 Å². The lowest BCUT2D eigenvalue weighted by molar-refractivity contribution is 0.110. The van der Waals surface area contributed by atoms with Crippen LogP contribution in [0.25, 0.3) is 0 Å². The van der Waals surface area contributed by atoms with Crippen molar-refractivity contribution in [2.24, 2.45) is 17.3 Å². The molecular weight excluding hydrogens is 192 g/mol. The minimum Gasteiger partial charge on any atom is -0.0596 e.